The topological polar surface area (TPSA) is 75.4 Å². The van der Waals surface area contributed by atoms with Crippen LogP contribution < -0.4 is 10.2 Å². The van der Waals surface area contributed by atoms with E-state index in [9.17, 15) is 4.79 Å². The summed E-state index contributed by atoms with van der Waals surface area (Å²) < 4.78 is 1.86. The molecule has 4 rings (SSSR count). The van der Waals surface area contributed by atoms with Gasteiger partial charge in [-0.1, -0.05) is 23.7 Å². The fourth-order valence-corrected chi connectivity index (χ4v) is 3.08. The fourth-order valence-electron chi connectivity index (χ4n) is 2.97. The fraction of sp³-hybridized carbons (Fsp3) is 0.100. The lowest BCUT2D eigenvalue weighted by molar-refractivity contribution is 0.0989. The summed E-state index contributed by atoms with van der Waals surface area (Å²) in [6, 6.07) is 11.2. The number of anilines is 2. The number of amides is 1. The van der Waals surface area contributed by atoms with Gasteiger partial charge in [-0.3, -0.25) is 14.2 Å². The van der Waals surface area contributed by atoms with E-state index in [4.69, 9.17) is 11.6 Å². The maximum Gasteiger partial charge on any atom is 0.278 e. The molecule has 0 aliphatic heterocycles. The molecule has 28 heavy (non-hydrogen) atoms. The number of hydrogen-bond acceptors (Lipinski definition) is 5. The first-order valence-electron chi connectivity index (χ1n) is 8.58. The SMILES string of the molecule is CNc1ccc(-c2c(C(=O)N(C)c3ccc(Cl)nc3)nc3cnccn23)cc1. The van der Waals surface area contributed by atoms with E-state index in [1.165, 1.54) is 4.90 Å². The second-order valence-corrected chi connectivity index (χ2v) is 6.53. The lowest BCUT2D eigenvalue weighted by Gasteiger charge is -2.16. The zero-order valence-corrected chi connectivity index (χ0v) is 16.1. The first kappa shape index (κ1) is 17.9. The van der Waals surface area contributed by atoms with Crippen molar-refractivity contribution in [3.05, 3.63) is 72.0 Å². The first-order chi connectivity index (χ1) is 13.6. The number of rotatable bonds is 4. The third kappa shape index (κ3) is 3.16. The number of carbonyl (C=O) groups excluding carboxylic acids is 1. The molecule has 0 saturated heterocycles. The lowest BCUT2D eigenvalue weighted by atomic mass is 10.1. The number of aromatic nitrogens is 4. The summed E-state index contributed by atoms with van der Waals surface area (Å²) in [5, 5.41) is 3.46. The number of hydrogen-bond donors (Lipinski definition) is 1. The van der Waals surface area contributed by atoms with Crippen LogP contribution in [0.1, 0.15) is 10.5 Å². The predicted octanol–water partition coefficient (Wildman–Crippen LogP) is 3.76. The summed E-state index contributed by atoms with van der Waals surface area (Å²) in [4.78, 5) is 27.5. The number of nitrogens with zero attached hydrogens (tertiary/aromatic N) is 5. The quantitative estimate of drug-likeness (QED) is 0.535. The Morgan fingerprint density at radius 3 is 2.61 bits per heavy atom. The highest BCUT2D eigenvalue weighted by Gasteiger charge is 2.24. The summed E-state index contributed by atoms with van der Waals surface area (Å²) in [6.45, 7) is 0. The van der Waals surface area contributed by atoms with Gasteiger partial charge in [-0.25, -0.2) is 9.97 Å². The molecule has 1 aromatic carbocycles. The molecule has 4 aromatic rings. The molecule has 0 spiro atoms. The van der Waals surface area contributed by atoms with E-state index in [1.807, 2.05) is 35.7 Å². The molecule has 0 aliphatic rings. The molecule has 3 aromatic heterocycles. The van der Waals surface area contributed by atoms with Gasteiger partial charge < -0.3 is 10.2 Å². The van der Waals surface area contributed by atoms with Crippen molar-refractivity contribution in [2.75, 3.05) is 24.3 Å². The molecule has 1 amide bonds. The summed E-state index contributed by atoms with van der Waals surface area (Å²) in [5.41, 5.74) is 4.13. The number of pyridine rings is 1. The Morgan fingerprint density at radius 2 is 1.93 bits per heavy atom. The molecule has 7 nitrogen and oxygen atoms in total. The summed E-state index contributed by atoms with van der Waals surface area (Å²) in [6.07, 6.45) is 6.65. The molecule has 0 atom stereocenters. The molecular formula is C20H17ClN6O. The molecule has 0 aliphatic carbocycles. The van der Waals surface area contributed by atoms with Gasteiger partial charge in [0, 0.05) is 37.7 Å². The minimum atomic E-state index is -0.250. The Kier molecular flexibility index (Phi) is 4.67. The normalized spacial score (nSPS) is 10.8. The van der Waals surface area contributed by atoms with Crippen molar-refractivity contribution in [2.45, 2.75) is 0 Å². The van der Waals surface area contributed by atoms with Gasteiger partial charge in [-0.05, 0) is 24.3 Å². The molecule has 0 saturated carbocycles. The van der Waals surface area contributed by atoms with Crippen LogP contribution in [-0.2, 0) is 0 Å². The van der Waals surface area contributed by atoms with E-state index in [2.05, 4.69) is 20.3 Å². The Labute approximate surface area is 166 Å². The number of imidazole rings is 1. The van der Waals surface area contributed by atoms with Crippen molar-refractivity contribution in [1.82, 2.24) is 19.4 Å². The minimum absolute atomic E-state index is 0.250. The number of fused-ring (bicyclic) bond motifs is 1. The van der Waals surface area contributed by atoms with Gasteiger partial charge in [0.05, 0.1) is 23.8 Å². The molecule has 0 bridgehead atoms. The van der Waals surface area contributed by atoms with Gasteiger partial charge in [0.25, 0.3) is 5.91 Å². The van der Waals surface area contributed by atoms with Crippen molar-refractivity contribution in [3.8, 4) is 11.3 Å². The van der Waals surface area contributed by atoms with E-state index in [1.54, 1.807) is 44.0 Å². The van der Waals surface area contributed by atoms with Gasteiger partial charge in [-0.15, -0.1) is 0 Å². The van der Waals surface area contributed by atoms with Gasteiger partial charge in [0.1, 0.15) is 5.15 Å². The Bertz CT molecular complexity index is 1140. The average molecular weight is 393 g/mol. The largest absolute Gasteiger partial charge is 0.388 e. The standard InChI is InChI=1S/C20H17ClN6O/c1-22-14-5-3-13(4-6-14)19-18(25-17-12-23-9-10-27(17)19)20(28)26(2)15-7-8-16(21)24-11-15/h3-12,22H,1-2H3. The second kappa shape index (κ2) is 7.28. The smallest absolute Gasteiger partial charge is 0.278 e. The molecule has 0 fully saturated rings. The van der Waals surface area contributed by atoms with Crippen LogP contribution in [0.2, 0.25) is 5.15 Å². The molecule has 0 unspecified atom stereocenters. The van der Waals surface area contributed by atoms with Crippen molar-refractivity contribution < 1.29 is 4.79 Å². The molecule has 1 N–H and O–H groups in total. The summed E-state index contributed by atoms with van der Waals surface area (Å²) >= 11 is 5.85. The highest BCUT2D eigenvalue weighted by Crippen LogP contribution is 2.28. The van der Waals surface area contributed by atoms with E-state index in [0.29, 0.717) is 27.9 Å². The Hall–Kier alpha value is -3.45. The third-order valence-corrected chi connectivity index (χ3v) is 4.71. The number of benzene rings is 1. The third-order valence-electron chi connectivity index (χ3n) is 4.48. The maximum absolute atomic E-state index is 13.3. The molecular weight excluding hydrogens is 376 g/mol. The van der Waals surface area contributed by atoms with Crippen LogP contribution >= 0.6 is 11.6 Å². The second-order valence-electron chi connectivity index (χ2n) is 6.14. The van der Waals surface area contributed by atoms with E-state index in [0.717, 1.165) is 11.3 Å². The van der Waals surface area contributed by atoms with Crippen LogP contribution in [-0.4, -0.2) is 39.4 Å². The minimum Gasteiger partial charge on any atom is -0.388 e. The zero-order valence-electron chi connectivity index (χ0n) is 15.3. The zero-order chi connectivity index (χ0) is 19.7. The van der Waals surface area contributed by atoms with Gasteiger partial charge in [0.2, 0.25) is 0 Å². The van der Waals surface area contributed by atoms with Crippen molar-refractivity contribution in [1.29, 1.82) is 0 Å². The predicted molar refractivity (Wildman–Crippen MR) is 110 cm³/mol. The van der Waals surface area contributed by atoms with Crippen molar-refractivity contribution in [2.24, 2.45) is 0 Å². The summed E-state index contributed by atoms with van der Waals surface area (Å²) in [5.74, 6) is -0.250. The monoisotopic (exact) mass is 392 g/mol. The number of halogens is 1. The van der Waals surface area contributed by atoms with Gasteiger partial charge in [0.15, 0.2) is 11.3 Å². The Morgan fingerprint density at radius 1 is 1.14 bits per heavy atom. The van der Waals surface area contributed by atoms with E-state index >= 15 is 0 Å². The number of nitrogens with one attached hydrogen (secondary N) is 1. The van der Waals surface area contributed by atoms with Gasteiger partial charge in [-0.2, -0.15) is 0 Å². The van der Waals surface area contributed by atoms with Crippen LogP contribution in [0.3, 0.4) is 0 Å². The van der Waals surface area contributed by atoms with Gasteiger partial charge >= 0.3 is 0 Å². The van der Waals surface area contributed by atoms with Crippen molar-refractivity contribution in [3.63, 3.8) is 0 Å². The number of carbonyl (C=O) groups is 1. The molecule has 8 heteroatoms. The van der Waals surface area contributed by atoms with Crippen LogP contribution in [0.4, 0.5) is 11.4 Å². The summed E-state index contributed by atoms with van der Waals surface area (Å²) in [7, 11) is 3.54. The van der Waals surface area contributed by atoms with E-state index in [-0.39, 0.29) is 5.91 Å². The maximum atomic E-state index is 13.3. The van der Waals surface area contributed by atoms with Crippen LogP contribution in [0.5, 0.6) is 0 Å². The highest BCUT2D eigenvalue weighted by molar-refractivity contribution is 6.29. The van der Waals surface area contributed by atoms with Crippen LogP contribution in [0, 0.1) is 0 Å². The van der Waals surface area contributed by atoms with E-state index < -0.39 is 0 Å². The molecule has 140 valence electrons. The first-order valence-corrected chi connectivity index (χ1v) is 8.96. The molecule has 3 heterocycles. The average Bonchev–Trinajstić information content (AvgIpc) is 3.13. The lowest BCUT2D eigenvalue weighted by Crippen LogP contribution is -2.27. The highest BCUT2D eigenvalue weighted by atomic mass is 35.5. The molecule has 0 radical (unpaired) electrons. The Balaban J connectivity index is 1.83. The van der Waals surface area contributed by atoms with Crippen molar-refractivity contribution >= 4 is 34.5 Å². The van der Waals surface area contributed by atoms with Crippen LogP contribution in [0.15, 0.2) is 61.2 Å². The van der Waals surface area contributed by atoms with Crippen LogP contribution in [0.25, 0.3) is 16.9 Å².